The summed E-state index contributed by atoms with van der Waals surface area (Å²) in [4.78, 5) is 32.1. The number of benzene rings is 2. The van der Waals surface area contributed by atoms with E-state index in [0.717, 1.165) is 18.4 Å². The van der Waals surface area contributed by atoms with Crippen LogP contribution in [0.3, 0.4) is 0 Å². The number of unbranched alkanes of at least 4 members (excludes halogenated alkanes) is 1. The van der Waals surface area contributed by atoms with Gasteiger partial charge in [-0.15, -0.1) is 0 Å². The van der Waals surface area contributed by atoms with Crippen LogP contribution in [0.25, 0.3) is 0 Å². The molecule has 1 aliphatic carbocycles. The molecule has 1 aliphatic heterocycles. The second-order valence-corrected chi connectivity index (χ2v) is 10.6. The van der Waals surface area contributed by atoms with Gasteiger partial charge in [0, 0.05) is 29.3 Å². The molecule has 39 heavy (non-hydrogen) atoms. The standard InChI is InChI=1S/C30H34BrNO7/c1-6-7-10-39-30(35)26-16(2)32-21-12-18(17-8-9-23(36-3)24(14-17)37-4)13-22(33)28(21)27(26)19-11-20(31)29(34)25(15-19)38-5/h8-9,11,14-15,18,26-27,34H,6-7,10,12-13H2,1-5H3/t18-,26?,27+/m1/s1. The van der Waals surface area contributed by atoms with Crippen LogP contribution >= 0.6 is 15.9 Å². The molecule has 0 bridgehead atoms. The lowest BCUT2D eigenvalue weighted by Gasteiger charge is -2.36. The summed E-state index contributed by atoms with van der Waals surface area (Å²) >= 11 is 3.40. The summed E-state index contributed by atoms with van der Waals surface area (Å²) < 4.78 is 22.3. The zero-order valence-corrected chi connectivity index (χ0v) is 24.5. The molecule has 0 spiro atoms. The zero-order chi connectivity index (χ0) is 28.3. The molecule has 2 aliphatic rings. The van der Waals surface area contributed by atoms with E-state index in [1.54, 1.807) is 33.3 Å². The summed E-state index contributed by atoms with van der Waals surface area (Å²) in [5.74, 6) is -0.605. The Hall–Kier alpha value is -3.33. The van der Waals surface area contributed by atoms with E-state index >= 15 is 0 Å². The summed E-state index contributed by atoms with van der Waals surface area (Å²) in [6.45, 7) is 4.13. The number of hydrogen-bond donors (Lipinski definition) is 1. The number of ether oxygens (including phenoxy) is 4. The maximum absolute atomic E-state index is 13.9. The third-order valence-electron chi connectivity index (χ3n) is 7.39. The maximum atomic E-state index is 13.9. The van der Waals surface area contributed by atoms with Crippen LogP contribution in [0.5, 0.6) is 23.0 Å². The van der Waals surface area contributed by atoms with Gasteiger partial charge >= 0.3 is 5.97 Å². The van der Waals surface area contributed by atoms with Gasteiger partial charge in [0.15, 0.2) is 28.8 Å². The Kier molecular flexibility index (Phi) is 9.00. The van der Waals surface area contributed by atoms with Crippen LogP contribution in [0.15, 0.2) is 51.1 Å². The highest BCUT2D eigenvalue weighted by molar-refractivity contribution is 9.10. The minimum absolute atomic E-state index is 0.0535. The van der Waals surface area contributed by atoms with E-state index in [2.05, 4.69) is 15.9 Å². The van der Waals surface area contributed by atoms with Gasteiger partial charge in [-0.1, -0.05) is 19.4 Å². The molecule has 0 amide bonds. The van der Waals surface area contributed by atoms with Gasteiger partial charge in [-0.2, -0.15) is 0 Å². The molecule has 2 aromatic carbocycles. The maximum Gasteiger partial charge on any atom is 0.315 e. The number of carbonyl (C=O) groups is 2. The lowest BCUT2D eigenvalue weighted by atomic mass is 9.69. The van der Waals surface area contributed by atoms with Crippen molar-refractivity contribution in [2.24, 2.45) is 10.9 Å². The number of esters is 1. The Balaban J connectivity index is 1.80. The Morgan fingerprint density at radius 2 is 1.72 bits per heavy atom. The molecule has 9 heteroatoms. The van der Waals surface area contributed by atoms with Crippen LogP contribution in [0.1, 0.15) is 62.5 Å². The van der Waals surface area contributed by atoms with Gasteiger partial charge in [0.25, 0.3) is 0 Å². The number of rotatable bonds is 9. The molecule has 1 unspecified atom stereocenters. The molecule has 208 valence electrons. The fraction of sp³-hybridized carbons (Fsp3) is 0.433. The molecule has 0 saturated heterocycles. The van der Waals surface area contributed by atoms with E-state index in [9.17, 15) is 14.7 Å². The van der Waals surface area contributed by atoms with E-state index in [-0.39, 0.29) is 29.6 Å². The highest BCUT2D eigenvalue weighted by Crippen LogP contribution is 2.49. The number of phenols is 1. The van der Waals surface area contributed by atoms with E-state index in [1.165, 1.54) is 7.11 Å². The Labute approximate surface area is 237 Å². The first-order valence-corrected chi connectivity index (χ1v) is 13.8. The second-order valence-electron chi connectivity index (χ2n) is 9.79. The molecular formula is C30H34BrNO7. The highest BCUT2D eigenvalue weighted by atomic mass is 79.9. The van der Waals surface area contributed by atoms with Gasteiger partial charge in [0.05, 0.1) is 32.4 Å². The van der Waals surface area contributed by atoms with E-state index in [4.69, 9.17) is 23.9 Å². The predicted molar refractivity (Wildman–Crippen MR) is 151 cm³/mol. The van der Waals surface area contributed by atoms with Crippen LogP contribution in [0.4, 0.5) is 0 Å². The van der Waals surface area contributed by atoms with Crippen molar-refractivity contribution in [2.75, 3.05) is 27.9 Å². The molecule has 4 rings (SSSR count). The monoisotopic (exact) mass is 599 g/mol. The molecule has 0 saturated carbocycles. The van der Waals surface area contributed by atoms with Crippen molar-refractivity contribution in [2.45, 2.75) is 51.4 Å². The molecule has 0 aromatic heterocycles. The van der Waals surface area contributed by atoms with Gasteiger partial charge in [-0.05, 0) is 77.0 Å². The third kappa shape index (κ3) is 5.69. The smallest absolute Gasteiger partial charge is 0.315 e. The van der Waals surface area contributed by atoms with E-state index in [0.29, 0.717) is 51.5 Å². The van der Waals surface area contributed by atoms with Crippen LogP contribution in [0, 0.1) is 5.92 Å². The molecule has 1 heterocycles. The molecule has 8 nitrogen and oxygen atoms in total. The van der Waals surface area contributed by atoms with E-state index < -0.39 is 17.8 Å². The van der Waals surface area contributed by atoms with E-state index in [1.807, 2.05) is 25.1 Å². The zero-order valence-electron chi connectivity index (χ0n) is 22.9. The average molecular weight is 601 g/mol. The van der Waals surface area contributed by atoms with Gasteiger partial charge in [0.2, 0.25) is 0 Å². The van der Waals surface area contributed by atoms with Crippen molar-refractivity contribution in [1.29, 1.82) is 0 Å². The fourth-order valence-electron chi connectivity index (χ4n) is 5.40. The van der Waals surface area contributed by atoms with Crippen LogP contribution < -0.4 is 14.2 Å². The first-order chi connectivity index (χ1) is 18.7. The number of nitrogens with zero attached hydrogens (tertiary/aromatic N) is 1. The van der Waals surface area contributed by atoms with Gasteiger partial charge in [-0.25, -0.2) is 0 Å². The minimum atomic E-state index is -0.775. The van der Waals surface area contributed by atoms with Crippen LogP contribution in [0.2, 0.25) is 0 Å². The quantitative estimate of drug-likeness (QED) is 0.274. The SMILES string of the molecule is CCCCOC(=O)C1C(C)=NC2=C(C(=O)C[C@H](c3ccc(OC)c(OC)c3)C2)[C@H]1c1cc(Br)c(O)c(OC)c1. The summed E-state index contributed by atoms with van der Waals surface area (Å²) in [6, 6.07) is 9.08. The van der Waals surface area contributed by atoms with Crippen molar-refractivity contribution in [1.82, 2.24) is 0 Å². The Bertz CT molecular complexity index is 1330. The number of carbonyl (C=O) groups excluding carboxylic acids is 2. The molecule has 0 fully saturated rings. The predicted octanol–water partition coefficient (Wildman–Crippen LogP) is 6.10. The third-order valence-corrected chi connectivity index (χ3v) is 8.00. The second kappa shape index (κ2) is 12.2. The van der Waals surface area contributed by atoms with Crippen LogP contribution in [-0.4, -0.2) is 50.5 Å². The minimum Gasteiger partial charge on any atom is -0.503 e. The van der Waals surface area contributed by atoms with Crippen molar-refractivity contribution in [3.63, 3.8) is 0 Å². The number of Topliss-reactive ketones (excluding diaryl/α,β-unsaturated/α-hetero) is 1. The highest BCUT2D eigenvalue weighted by Gasteiger charge is 2.45. The number of aromatic hydroxyl groups is 1. The molecule has 1 N–H and O–H groups in total. The number of ketones is 1. The van der Waals surface area contributed by atoms with Crippen molar-refractivity contribution < 1.29 is 33.6 Å². The van der Waals surface area contributed by atoms with Crippen molar-refractivity contribution >= 4 is 33.4 Å². The number of allylic oxidation sites excluding steroid dienone is 2. The Morgan fingerprint density at radius 3 is 2.38 bits per heavy atom. The van der Waals surface area contributed by atoms with Gasteiger partial charge in [0.1, 0.15) is 5.92 Å². The average Bonchev–Trinajstić information content (AvgIpc) is 2.93. The summed E-state index contributed by atoms with van der Waals surface area (Å²) in [5, 5.41) is 10.4. The van der Waals surface area contributed by atoms with Crippen molar-refractivity contribution in [3.05, 3.63) is 57.2 Å². The largest absolute Gasteiger partial charge is 0.503 e. The molecule has 2 aromatic rings. The Morgan fingerprint density at radius 1 is 1.03 bits per heavy atom. The van der Waals surface area contributed by atoms with Gasteiger partial charge < -0.3 is 24.1 Å². The molecule has 3 atom stereocenters. The number of halogens is 1. The fourth-order valence-corrected chi connectivity index (χ4v) is 5.86. The topological polar surface area (TPSA) is 104 Å². The van der Waals surface area contributed by atoms with Crippen molar-refractivity contribution in [3.8, 4) is 23.0 Å². The number of hydrogen-bond acceptors (Lipinski definition) is 8. The first-order valence-electron chi connectivity index (χ1n) is 13.0. The summed E-state index contributed by atoms with van der Waals surface area (Å²) in [5.41, 5.74) is 3.37. The lowest BCUT2D eigenvalue weighted by Crippen LogP contribution is -2.38. The summed E-state index contributed by atoms with van der Waals surface area (Å²) in [7, 11) is 4.62. The van der Waals surface area contributed by atoms with Crippen LogP contribution in [-0.2, 0) is 14.3 Å². The first kappa shape index (κ1) is 28.7. The summed E-state index contributed by atoms with van der Waals surface area (Å²) in [6.07, 6.45) is 2.42. The normalized spacial score (nSPS) is 20.7. The molecule has 0 radical (unpaired) electrons. The number of aliphatic imine (C=N–C) groups is 1. The number of methoxy groups -OCH3 is 3. The molecular weight excluding hydrogens is 566 g/mol. The van der Waals surface area contributed by atoms with Gasteiger partial charge in [-0.3, -0.25) is 14.6 Å². The lowest BCUT2D eigenvalue weighted by molar-refractivity contribution is -0.146. The number of phenolic OH excluding ortho intramolecular Hbond substituents is 1.